The van der Waals surface area contributed by atoms with E-state index in [-0.39, 0.29) is 5.56 Å². The van der Waals surface area contributed by atoms with Crippen LogP contribution in [0, 0.1) is 15.9 Å². The van der Waals surface area contributed by atoms with Crippen LogP contribution in [-0.4, -0.2) is 19.2 Å². The number of aryl methyl sites for hydroxylation is 2. The van der Waals surface area contributed by atoms with Crippen molar-refractivity contribution in [1.82, 2.24) is 14.1 Å². The summed E-state index contributed by atoms with van der Waals surface area (Å²) in [7, 11) is 3.61. The van der Waals surface area contributed by atoms with Gasteiger partial charge in [-0.25, -0.2) is 4.98 Å². The van der Waals surface area contributed by atoms with Crippen molar-refractivity contribution in [1.29, 1.82) is 0 Å². The normalized spacial score (nSPS) is 12.9. The molecule has 35 heavy (non-hydrogen) atoms. The fraction of sp³-hybridized carbons (Fsp3) is 0.103. The van der Waals surface area contributed by atoms with Gasteiger partial charge in [0.05, 0.1) is 23.7 Å². The highest BCUT2D eigenvalue weighted by Gasteiger charge is 2.37. The van der Waals surface area contributed by atoms with Crippen LogP contribution < -0.4 is 5.56 Å². The van der Waals surface area contributed by atoms with E-state index in [1.807, 2.05) is 78.3 Å². The lowest BCUT2D eigenvalue weighted by Gasteiger charge is -2.30. The number of aromatic nitrogens is 3. The SMILES string of the molecule is C#Cc1cccc(-c2cc(=O)n(C)c3ccc([C@](O)(c4ccc(I)cc4)c4cncn4C)cc23)c1. The van der Waals surface area contributed by atoms with Gasteiger partial charge in [0.2, 0.25) is 0 Å². The number of aliphatic hydroxyl groups is 1. The zero-order chi connectivity index (χ0) is 24.7. The molecule has 0 radical (unpaired) electrons. The van der Waals surface area contributed by atoms with E-state index in [1.54, 1.807) is 30.2 Å². The summed E-state index contributed by atoms with van der Waals surface area (Å²) in [6, 6.07) is 22.7. The van der Waals surface area contributed by atoms with Crippen molar-refractivity contribution in [2.75, 3.05) is 0 Å². The van der Waals surface area contributed by atoms with Crippen LogP contribution in [-0.2, 0) is 19.7 Å². The predicted octanol–water partition coefficient (Wildman–Crippen LogP) is 4.81. The predicted molar refractivity (Wildman–Crippen MR) is 147 cm³/mol. The molecule has 1 atom stereocenters. The first kappa shape index (κ1) is 23.1. The van der Waals surface area contributed by atoms with Crippen molar-refractivity contribution in [2.45, 2.75) is 5.60 Å². The Morgan fingerprint density at radius 2 is 1.74 bits per heavy atom. The van der Waals surface area contributed by atoms with Crippen LogP contribution >= 0.6 is 22.6 Å². The molecule has 5 aromatic rings. The summed E-state index contributed by atoms with van der Waals surface area (Å²) in [5.74, 6) is 2.66. The quantitative estimate of drug-likeness (QED) is 0.249. The number of fused-ring (bicyclic) bond motifs is 1. The lowest BCUT2D eigenvalue weighted by atomic mass is 9.82. The molecule has 0 spiro atoms. The maximum atomic E-state index is 12.8. The van der Waals surface area contributed by atoms with E-state index >= 15 is 0 Å². The Kier molecular flexibility index (Phi) is 5.83. The van der Waals surface area contributed by atoms with Crippen molar-refractivity contribution in [2.24, 2.45) is 14.1 Å². The molecule has 0 aliphatic rings. The van der Waals surface area contributed by atoms with Crippen molar-refractivity contribution >= 4 is 33.5 Å². The molecule has 0 bridgehead atoms. The summed E-state index contributed by atoms with van der Waals surface area (Å²) in [6.45, 7) is 0. The Morgan fingerprint density at radius 3 is 2.43 bits per heavy atom. The maximum absolute atomic E-state index is 12.8. The summed E-state index contributed by atoms with van der Waals surface area (Å²) in [6.07, 6.45) is 8.99. The van der Waals surface area contributed by atoms with Crippen molar-refractivity contribution < 1.29 is 5.11 Å². The van der Waals surface area contributed by atoms with Gasteiger partial charge in [0.15, 0.2) is 5.60 Å². The number of nitrogens with zero attached hydrogens (tertiary/aromatic N) is 3. The zero-order valence-corrected chi connectivity index (χ0v) is 21.4. The van der Waals surface area contributed by atoms with E-state index < -0.39 is 5.60 Å². The molecule has 0 aliphatic carbocycles. The molecular formula is C29H22IN3O2. The van der Waals surface area contributed by atoms with E-state index in [2.05, 4.69) is 33.5 Å². The number of benzene rings is 3. The van der Waals surface area contributed by atoms with Gasteiger partial charge in [0, 0.05) is 34.7 Å². The Hall–Kier alpha value is -3.67. The summed E-state index contributed by atoms with van der Waals surface area (Å²) >= 11 is 2.25. The molecular weight excluding hydrogens is 549 g/mol. The minimum Gasteiger partial charge on any atom is -0.374 e. The average Bonchev–Trinajstić information content (AvgIpc) is 3.32. The van der Waals surface area contributed by atoms with Crippen molar-refractivity contribution in [3.05, 3.63) is 122 Å². The van der Waals surface area contributed by atoms with Gasteiger partial charge in [-0.1, -0.05) is 36.3 Å². The largest absolute Gasteiger partial charge is 0.374 e. The van der Waals surface area contributed by atoms with Gasteiger partial charge in [0.1, 0.15) is 0 Å². The first-order valence-electron chi connectivity index (χ1n) is 11.0. The van der Waals surface area contributed by atoms with Gasteiger partial charge in [-0.15, -0.1) is 6.42 Å². The van der Waals surface area contributed by atoms with Crippen LogP contribution in [0.3, 0.4) is 0 Å². The summed E-state index contributed by atoms with van der Waals surface area (Å²) in [4.78, 5) is 17.1. The van der Waals surface area contributed by atoms with Crippen molar-refractivity contribution in [3.63, 3.8) is 0 Å². The molecule has 6 heteroatoms. The van der Waals surface area contributed by atoms with Crippen LogP contribution in [0.2, 0.25) is 0 Å². The Morgan fingerprint density at radius 1 is 1.00 bits per heavy atom. The average molecular weight is 571 g/mol. The van der Waals surface area contributed by atoms with E-state index in [4.69, 9.17) is 6.42 Å². The molecule has 0 fully saturated rings. The van der Waals surface area contributed by atoms with E-state index in [9.17, 15) is 9.90 Å². The lowest BCUT2D eigenvalue weighted by molar-refractivity contribution is 0.117. The highest BCUT2D eigenvalue weighted by molar-refractivity contribution is 14.1. The number of imidazole rings is 1. The van der Waals surface area contributed by atoms with Crippen LogP contribution in [0.1, 0.15) is 22.4 Å². The first-order chi connectivity index (χ1) is 16.8. The second kappa shape index (κ2) is 8.84. The van der Waals surface area contributed by atoms with Gasteiger partial charge >= 0.3 is 0 Å². The summed E-state index contributed by atoms with van der Waals surface area (Å²) < 4.78 is 4.50. The van der Waals surface area contributed by atoms with Gasteiger partial charge in [-0.2, -0.15) is 0 Å². The molecule has 0 saturated heterocycles. The number of rotatable bonds is 4. The fourth-order valence-electron chi connectivity index (χ4n) is 4.56. The second-order valence-electron chi connectivity index (χ2n) is 8.52. The summed E-state index contributed by atoms with van der Waals surface area (Å²) in [5, 5.41) is 13.2. The lowest BCUT2D eigenvalue weighted by Crippen LogP contribution is -2.31. The molecule has 5 nitrogen and oxygen atoms in total. The van der Waals surface area contributed by atoms with Gasteiger partial charge in [0.25, 0.3) is 5.56 Å². The smallest absolute Gasteiger partial charge is 0.251 e. The third-order valence-corrected chi connectivity index (χ3v) is 7.17. The third-order valence-electron chi connectivity index (χ3n) is 6.45. The van der Waals surface area contributed by atoms with Crippen LogP contribution in [0.4, 0.5) is 0 Å². The topological polar surface area (TPSA) is 60.1 Å². The number of terminal acetylenes is 1. The molecule has 0 saturated carbocycles. The number of hydrogen-bond acceptors (Lipinski definition) is 3. The van der Waals surface area contributed by atoms with Crippen molar-refractivity contribution in [3.8, 4) is 23.5 Å². The molecule has 1 N–H and O–H groups in total. The molecule has 2 aromatic heterocycles. The minimum atomic E-state index is -1.46. The minimum absolute atomic E-state index is 0.120. The fourth-order valence-corrected chi connectivity index (χ4v) is 4.92. The molecule has 3 aromatic carbocycles. The Labute approximate surface area is 216 Å². The maximum Gasteiger partial charge on any atom is 0.251 e. The monoisotopic (exact) mass is 571 g/mol. The van der Waals surface area contributed by atoms with Gasteiger partial charge in [-0.05, 0) is 81.2 Å². The van der Waals surface area contributed by atoms with E-state index in [0.717, 1.165) is 36.7 Å². The molecule has 172 valence electrons. The van der Waals surface area contributed by atoms with E-state index in [1.165, 1.54) is 0 Å². The second-order valence-corrected chi connectivity index (χ2v) is 9.77. The molecule has 0 unspecified atom stereocenters. The van der Waals surface area contributed by atoms with Crippen LogP contribution in [0.25, 0.3) is 22.0 Å². The highest BCUT2D eigenvalue weighted by Crippen LogP contribution is 2.39. The Balaban J connectivity index is 1.84. The van der Waals surface area contributed by atoms with E-state index in [0.29, 0.717) is 11.3 Å². The molecule has 0 amide bonds. The number of halogens is 1. The third kappa shape index (κ3) is 3.87. The standard InChI is InChI=1S/C29H22IN3O2/c1-4-19-6-5-7-20(14-19)24-16-28(34)33(3)26-13-10-22(15-25(24)26)29(35,27-17-31-18-32(27)2)21-8-11-23(30)12-9-21/h1,5-18,35H,2-3H3/t29-/m1/s1. The van der Waals surface area contributed by atoms with Gasteiger partial charge in [-0.3, -0.25) is 4.79 Å². The van der Waals surface area contributed by atoms with Crippen LogP contribution in [0.5, 0.6) is 0 Å². The number of hydrogen-bond donors (Lipinski definition) is 1. The van der Waals surface area contributed by atoms with Crippen LogP contribution in [0.15, 0.2) is 90.1 Å². The zero-order valence-electron chi connectivity index (χ0n) is 19.2. The molecule has 5 rings (SSSR count). The number of pyridine rings is 1. The molecule has 2 heterocycles. The highest BCUT2D eigenvalue weighted by atomic mass is 127. The summed E-state index contributed by atoms with van der Waals surface area (Å²) in [5.41, 5.74) is 3.55. The Bertz CT molecular complexity index is 1680. The van der Waals surface area contributed by atoms with Gasteiger partial charge < -0.3 is 14.2 Å². The molecule has 0 aliphatic heterocycles. The first-order valence-corrected chi connectivity index (χ1v) is 12.1.